The van der Waals surface area contributed by atoms with Crippen molar-refractivity contribution in [2.75, 3.05) is 0 Å². The molecular formula is C19H16N4O3. The van der Waals surface area contributed by atoms with Crippen molar-refractivity contribution in [3.63, 3.8) is 0 Å². The van der Waals surface area contributed by atoms with Gasteiger partial charge in [-0.2, -0.15) is 4.98 Å². The van der Waals surface area contributed by atoms with Crippen LogP contribution in [0.4, 0.5) is 0 Å². The summed E-state index contributed by atoms with van der Waals surface area (Å²) in [6.45, 7) is 2.31. The summed E-state index contributed by atoms with van der Waals surface area (Å²) in [7, 11) is 0. The van der Waals surface area contributed by atoms with Gasteiger partial charge in [0.15, 0.2) is 6.61 Å². The smallest absolute Gasteiger partial charge is 0.264 e. The van der Waals surface area contributed by atoms with E-state index in [0.717, 1.165) is 17.5 Å². The minimum absolute atomic E-state index is 0.194. The van der Waals surface area contributed by atoms with Gasteiger partial charge in [0.05, 0.1) is 0 Å². The Balaban J connectivity index is 1.39. The predicted octanol–water partition coefficient (Wildman–Crippen LogP) is 3.93. The lowest BCUT2D eigenvalue weighted by atomic mass is 10.1. The number of aromatic nitrogens is 4. The number of hydrogen-bond donors (Lipinski definition) is 0. The lowest BCUT2D eigenvalue weighted by molar-refractivity contribution is 0.243. The molecule has 0 aliphatic carbocycles. The molecule has 0 bridgehead atoms. The van der Waals surface area contributed by atoms with E-state index in [1.54, 1.807) is 0 Å². The van der Waals surface area contributed by atoms with Crippen LogP contribution >= 0.6 is 0 Å². The molecule has 0 aliphatic heterocycles. The van der Waals surface area contributed by atoms with Gasteiger partial charge in [-0.25, -0.2) is 0 Å². The zero-order chi connectivity index (χ0) is 17.8. The van der Waals surface area contributed by atoms with Crippen LogP contribution in [0.2, 0.25) is 0 Å². The topological polar surface area (TPSA) is 87.1 Å². The van der Waals surface area contributed by atoms with Gasteiger partial charge in [-0.3, -0.25) is 0 Å². The van der Waals surface area contributed by atoms with Crippen LogP contribution in [0.5, 0.6) is 5.75 Å². The van der Waals surface area contributed by atoms with Crippen LogP contribution in [-0.2, 0) is 13.0 Å². The first-order valence-electron chi connectivity index (χ1n) is 8.23. The predicted molar refractivity (Wildman–Crippen MR) is 93.2 cm³/mol. The van der Waals surface area contributed by atoms with Crippen LogP contribution in [0.15, 0.2) is 63.9 Å². The average Bonchev–Trinajstić information content (AvgIpc) is 3.39. The first kappa shape index (κ1) is 16.0. The molecule has 0 saturated heterocycles. The maximum absolute atomic E-state index is 5.69. The molecule has 0 spiro atoms. The fraction of sp³-hybridized carbons (Fsp3) is 0.158. The second-order valence-corrected chi connectivity index (χ2v) is 5.62. The van der Waals surface area contributed by atoms with Gasteiger partial charge in [0.25, 0.3) is 5.89 Å². The molecule has 0 atom stereocenters. The van der Waals surface area contributed by atoms with Crippen LogP contribution in [-0.4, -0.2) is 20.3 Å². The summed E-state index contributed by atoms with van der Waals surface area (Å²) in [5.74, 6) is 2.12. The monoisotopic (exact) mass is 348 g/mol. The van der Waals surface area contributed by atoms with Gasteiger partial charge in [0, 0.05) is 11.1 Å². The van der Waals surface area contributed by atoms with Crippen LogP contribution in [0.3, 0.4) is 0 Å². The largest absolute Gasteiger partial charge is 0.484 e. The summed E-state index contributed by atoms with van der Waals surface area (Å²) in [6, 6.07) is 15.4. The Morgan fingerprint density at radius 3 is 2.42 bits per heavy atom. The normalized spacial score (nSPS) is 10.8. The highest BCUT2D eigenvalue weighted by molar-refractivity contribution is 5.55. The van der Waals surface area contributed by atoms with Gasteiger partial charge in [-0.1, -0.05) is 36.3 Å². The molecule has 26 heavy (non-hydrogen) atoms. The van der Waals surface area contributed by atoms with E-state index in [1.807, 2.05) is 36.4 Å². The molecule has 7 heteroatoms. The van der Waals surface area contributed by atoms with E-state index >= 15 is 0 Å². The van der Waals surface area contributed by atoms with Gasteiger partial charge in [0.1, 0.15) is 5.75 Å². The maximum Gasteiger partial charge on any atom is 0.264 e. The van der Waals surface area contributed by atoms with Crippen molar-refractivity contribution in [2.24, 2.45) is 0 Å². The third kappa shape index (κ3) is 3.46. The number of aryl methyl sites for hydroxylation is 1. The van der Waals surface area contributed by atoms with Crippen molar-refractivity contribution in [3.8, 4) is 28.6 Å². The minimum atomic E-state index is 0.194. The quantitative estimate of drug-likeness (QED) is 0.522. The highest BCUT2D eigenvalue weighted by Gasteiger charge is 2.10. The standard InChI is InChI=1S/C19H16N4O3/c1-2-13-3-5-14(6-4-13)18-21-17(26-23-18)11-24-16-9-7-15(8-10-16)19-22-20-12-25-19/h3-10,12H,2,11H2,1H3. The second kappa shape index (κ2) is 7.18. The molecule has 130 valence electrons. The van der Waals surface area contributed by atoms with E-state index in [9.17, 15) is 0 Å². The van der Waals surface area contributed by atoms with Gasteiger partial charge >= 0.3 is 0 Å². The third-order valence-electron chi connectivity index (χ3n) is 3.91. The molecule has 0 N–H and O–H groups in total. The fourth-order valence-electron chi connectivity index (χ4n) is 2.46. The molecule has 0 radical (unpaired) electrons. The van der Waals surface area contributed by atoms with Crippen molar-refractivity contribution < 1.29 is 13.7 Å². The van der Waals surface area contributed by atoms with E-state index in [2.05, 4.69) is 39.4 Å². The van der Waals surface area contributed by atoms with E-state index in [0.29, 0.717) is 23.4 Å². The zero-order valence-electron chi connectivity index (χ0n) is 14.1. The van der Waals surface area contributed by atoms with Gasteiger partial charge in [0.2, 0.25) is 18.1 Å². The fourth-order valence-corrected chi connectivity index (χ4v) is 2.46. The second-order valence-electron chi connectivity index (χ2n) is 5.62. The van der Waals surface area contributed by atoms with Crippen molar-refractivity contribution >= 4 is 0 Å². The Hall–Kier alpha value is -3.48. The SMILES string of the molecule is CCc1ccc(-c2noc(COc3ccc(-c4nnco4)cc3)n2)cc1. The molecular weight excluding hydrogens is 332 g/mol. The van der Waals surface area contributed by atoms with Gasteiger partial charge in [-0.05, 0) is 36.2 Å². The molecule has 2 heterocycles. The molecule has 0 aliphatic rings. The molecule has 7 nitrogen and oxygen atoms in total. The average molecular weight is 348 g/mol. The Bertz CT molecular complexity index is 961. The number of hydrogen-bond acceptors (Lipinski definition) is 7. The van der Waals surface area contributed by atoms with Crippen molar-refractivity contribution in [1.82, 2.24) is 20.3 Å². The lowest BCUT2D eigenvalue weighted by Gasteiger charge is -2.03. The van der Waals surface area contributed by atoms with Crippen molar-refractivity contribution in [3.05, 3.63) is 66.4 Å². The molecule has 2 aromatic carbocycles. The zero-order valence-corrected chi connectivity index (χ0v) is 14.1. The summed E-state index contributed by atoms with van der Waals surface area (Å²) in [4.78, 5) is 4.37. The molecule has 2 aromatic heterocycles. The summed E-state index contributed by atoms with van der Waals surface area (Å²) in [5.41, 5.74) is 3.01. The number of rotatable bonds is 6. The van der Waals surface area contributed by atoms with E-state index < -0.39 is 0 Å². The van der Waals surface area contributed by atoms with Crippen molar-refractivity contribution in [1.29, 1.82) is 0 Å². The van der Waals surface area contributed by atoms with E-state index in [-0.39, 0.29) is 6.61 Å². The molecule has 0 fully saturated rings. The van der Waals surface area contributed by atoms with E-state index in [4.69, 9.17) is 13.7 Å². The Kier molecular flexibility index (Phi) is 4.42. The molecule has 4 aromatic rings. The Morgan fingerprint density at radius 1 is 0.962 bits per heavy atom. The molecule has 4 rings (SSSR count). The number of ether oxygens (including phenoxy) is 1. The van der Waals surface area contributed by atoms with Crippen LogP contribution in [0, 0.1) is 0 Å². The maximum atomic E-state index is 5.69. The summed E-state index contributed by atoms with van der Waals surface area (Å²) in [5, 5.41) is 11.5. The number of benzene rings is 2. The molecule has 0 amide bonds. The van der Waals surface area contributed by atoms with Crippen molar-refractivity contribution in [2.45, 2.75) is 20.0 Å². The summed E-state index contributed by atoms with van der Waals surface area (Å²) < 4.78 is 16.1. The van der Waals surface area contributed by atoms with Crippen LogP contribution < -0.4 is 4.74 Å². The summed E-state index contributed by atoms with van der Waals surface area (Å²) in [6.07, 6.45) is 2.29. The van der Waals surface area contributed by atoms with Gasteiger partial charge < -0.3 is 13.7 Å². The first-order valence-corrected chi connectivity index (χ1v) is 8.23. The van der Waals surface area contributed by atoms with Gasteiger partial charge in [-0.15, -0.1) is 10.2 Å². The Labute approximate surface area is 149 Å². The highest BCUT2D eigenvalue weighted by Crippen LogP contribution is 2.21. The minimum Gasteiger partial charge on any atom is -0.484 e. The third-order valence-corrected chi connectivity index (χ3v) is 3.91. The van der Waals surface area contributed by atoms with E-state index in [1.165, 1.54) is 12.0 Å². The lowest BCUT2D eigenvalue weighted by Crippen LogP contribution is -1.95. The first-order chi connectivity index (χ1) is 12.8. The van der Waals surface area contributed by atoms with Crippen LogP contribution in [0.1, 0.15) is 18.4 Å². The Morgan fingerprint density at radius 2 is 1.73 bits per heavy atom. The molecule has 0 unspecified atom stereocenters. The van der Waals surface area contributed by atoms with Crippen LogP contribution in [0.25, 0.3) is 22.8 Å². The number of nitrogens with zero attached hydrogens (tertiary/aromatic N) is 4. The summed E-state index contributed by atoms with van der Waals surface area (Å²) >= 11 is 0. The molecule has 0 saturated carbocycles. The highest BCUT2D eigenvalue weighted by atomic mass is 16.5.